The highest BCUT2D eigenvalue weighted by Crippen LogP contribution is 2.37. The molecular weight excluding hydrogens is 390 g/mol. The fourth-order valence-electron chi connectivity index (χ4n) is 3.28. The maximum absolute atomic E-state index is 12.9. The van der Waals surface area contributed by atoms with Crippen molar-refractivity contribution in [1.82, 2.24) is 4.90 Å². The van der Waals surface area contributed by atoms with E-state index in [4.69, 9.17) is 9.88 Å². The van der Waals surface area contributed by atoms with Crippen molar-refractivity contribution in [1.29, 1.82) is 0 Å². The van der Waals surface area contributed by atoms with Crippen molar-refractivity contribution >= 4 is 21.6 Å². The fraction of sp³-hybridized carbons (Fsp3) is 0.381. The average molecular weight is 418 g/mol. The van der Waals surface area contributed by atoms with Crippen molar-refractivity contribution < 1.29 is 17.9 Å². The Hall–Kier alpha value is -2.58. The number of ether oxygens (including phenoxy) is 1. The number of hydrogen-bond donors (Lipinski definition) is 2. The lowest BCUT2D eigenvalue weighted by Gasteiger charge is -2.20. The van der Waals surface area contributed by atoms with Crippen LogP contribution in [-0.2, 0) is 10.0 Å². The standard InChI is InChI=1S/C21H27N3O4S/c1-2-3-11-23-18-14-16(21(25)24-12-7-8-13-24)15-19(29(22,26)27)20(18)28-17-9-5-4-6-10-17/h4-6,9-10,14-15,23H,2-3,7-8,11-13H2,1H3,(H2,22,26,27). The average Bonchev–Trinajstić information content (AvgIpc) is 3.23. The zero-order chi connectivity index (χ0) is 20.9. The number of unbranched alkanes of at least 4 members (excludes halogenated alkanes) is 1. The molecule has 0 aliphatic carbocycles. The molecule has 1 fully saturated rings. The second kappa shape index (κ2) is 9.28. The lowest BCUT2D eigenvalue weighted by molar-refractivity contribution is 0.0792. The summed E-state index contributed by atoms with van der Waals surface area (Å²) in [6.45, 7) is 4.02. The van der Waals surface area contributed by atoms with Gasteiger partial charge in [0.1, 0.15) is 10.6 Å². The number of hydrogen-bond acceptors (Lipinski definition) is 5. The third kappa shape index (κ3) is 5.27. The van der Waals surface area contributed by atoms with E-state index in [1.165, 1.54) is 6.07 Å². The van der Waals surface area contributed by atoms with E-state index in [-0.39, 0.29) is 22.1 Å². The molecule has 156 valence electrons. The van der Waals surface area contributed by atoms with Crippen molar-refractivity contribution in [2.24, 2.45) is 5.14 Å². The highest BCUT2D eigenvalue weighted by atomic mass is 32.2. The number of anilines is 1. The molecule has 0 radical (unpaired) electrons. The number of rotatable bonds is 8. The highest BCUT2D eigenvalue weighted by Gasteiger charge is 2.26. The van der Waals surface area contributed by atoms with Crippen LogP contribution in [0.4, 0.5) is 5.69 Å². The van der Waals surface area contributed by atoms with Crippen LogP contribution in [0.1, 0.15) is 43.0 Å². The molecule has 0 aromatic heterocycles. The first-order valence-corrected chi connectivity index (χ1v) is 11.4. The third-order valence-electron chi connectivity index (χ3n) is 4.81. The van der Waals surface area contributed by atoms with Gasteiger partial charge in [-0.15, -0.1) is 0 Å². The molecule has 29 heavy (non-hydrogen) atoms. The van der Waals surface area contributed by atoms with Crippen LogP contribution in [0.5, 0.6) is 11.5 Å². The van der Waals surface area contributed by atoms with E-state index in [0.29, 0.717) is 31.1 Å². The molecule has 1 amide bonds. The lowest BCUT2D eigenvalue weighted by Crippen LogP contribution is -2.28. The van der Waals surface area contributed by atoms with Gasteiger partial charge < -0.3 is 15.0 Å². The molecule has 1 saturated heterocycles. The molecule has 7 nitrogen and oxygen atoms in total. The van der Waals surface area contributed by atoms with Crippen LogP contribution in [0.25, 0.3) is 0 Å². The van der Waals surface area contributed by atoms with E-state index in [1.807, 2.05) is 6.07 Å². The molecule has 1 aliphatic heterocycles. The van der Waals surface area contributed by atoms with Crippen LogP contribution in [0, 0.1) is 0 Å². The normalized spacial score (nSPS) is 14.1. The predicted molar refractivity (Wildman–Crippen MR) is 113 cm³/mol. The van der Waals surface area contributed by atoms with Crippen LogP contribution >= 0.6 is 0 Å². The molecule has 0 spiro atoms. The van der Waals surface area contributed by atoms with E-state index < -0.39 is 10.0 Å². The molecule has 2 aromatic rings. The van der Waals surface area contributed by atoms with Gasteiger partial charge in [0, 0.05) is 25.2 Å². The summed E-state index contributed by atoms with van der Waals surface area (Å²) in [4.78, 5) is 14.4. The molecule has 0 bridgehead atoms. The van der Waals surface area contributed by atoms with E-state index in [9.17, 15) is 13.2 Å². The van der Waals surface area contributed by atoms with Crippen LogP contribution in [0.2, 0.25) is 0 Å². The van der Waals surface area contributed by atoms with Gasteiger partial charge in [0.15, 0.2) is 5.75 Å². The minimum atomic E-state index is -4.12. The van der Waals surface area contributed by atoms with Crippen LogP contribution in [0.15, 0.2) is 47.4 Å². The van der Waals surface area contributed by atoms with Crippen molar-refractivity contribution in [2.75, 3.05) is 25.0 Å². The minimum Gasteiger partial charge on any atom is -0.454 e. The molecule has 3 N–H and O–H groups in total. The maximum Gasteiger partial charge on any atom is 0.253 e. The summed E-state index contributed by atoms with van der Waals surface area (Å²) in [6.07, 6.45) is 3.76. The van der Waals surface area contributed by atoms with Crippen LogP contribution in [-0.4, -0.2) is 38.9 Å². The van der Waals surface area contributed by atoms with Gasteiger partial charge in [0.05, 0.1) is 5.69 Å². The van der Waals surface area contributed by atoms with Gasteiger partial charge in [0.25, 0.3) is 5.91 Å². The number of nitrogens with two attached hydrogens (primary N) is 1. The first-order valence-electron chi connectivity index (χ1n) is 9.87. The van der Waals surface area contributed by atoms with Crippen molar-refractivity contribution in [2.45, 2.75) is 37.5 Å². The number of nitrogens with zero attached hydrogens (tertiary/aromatic N) is 1. The first kappa shape index (κ1) is 21.1. The molecule has 2 aromatic carbocycles. The molecular formula is C21H27N3O4S. The quantitative estimate of drug-likeness (QED) is 0.639. The smallest absolute Gasteiger partial charge is 0.253 e. The van der Waals surface area contributed by atoms with E-state index in [0.717, 1.165) is 25.7 Å². The van der Waals surface area contributed by atoms with Crippen LogP contribution in [0.3, 0.4) is 0 Å². The van der Waals surface area contributed by atoms with E-state index in [2.05, 4.69) is 12.2 Å². The highest BCUT2D eigenvalue weighted by molar-refractivity contribution is 7.89. The van der Waals surface area contributed by atoms with Crippen LogP contribution < -0.4 is 15.2 Å². The molecule has 3 rings (SSSR count). The Morgan fingerprint density at radius 1 is 1.17 bits per heavy atom. The minimum absolute atomic E-state index is 0.104. The Morgan fingerprint density at radius 3 is 2.48 bits per heavy atom. The third-order valence-corrected chi connectivity index (χ3v) is 5.73. The van der Waals surface area contributed by atoms with Gasteiger partial charge >= 0.3 is 0 Å². The predicted octanol–water partition coefficient (Wildman–Crippen LogP) is 3.57. The van der Waals surface area contributed by atoms with Gasteiger partial charge in [-0.05, 0) is 43.5 Å². The van der Waals surface area contributed by atoms with Crippen molar-refractivity contribution in [3.05, 3.63) is 48.0 Å². The Kier molecular flexibility index (Phi) is 6.76. The van der Waals surface area contributed by atoms with E-state index in [1.54, 1.807) is 35.2 Å². The summed E-state index contributed by atoms with van der Waals surface area (Å²) < 4.78 is 30.6. The number of para-hydroxylation sites is 1. The Bertz CT molecular complexity index is 955. The van der Waals surface area contributed by atoms with Crippen molar-refractivity contribution in [3.8, 4) is 11.5 Å². The van der Waals surface area contributed by atoms with Gasteiger partial charge in [0.2, 0.25) is 10.0 Å². The summed E-state index contributed by atoms with van der Waals surface area (Å²) in [5.41, 5.74) is 0.728. The number of carbonyl (C=O) groups excluding carboxylic acids is 1. The molecule has 0 atom stereocenters. The second-order valence-electron chi connectivity index (χ2n) is 7.09. The number of amides is 1. The monoisotopic (exact) mass is 417 g/mol. The number of carbonyl (C=O) groups is 1. The largest absolute Gasteiger partial charge is 0.454 e. The SMILES string of the molecule is CCCCNc1cc(C(=O)N2CCCC2)cc(S(N)(=O)=O)c1Oc1ccccc1. The number of likely N-dealkylation sites (tertiary alicyclic amines) is 1. The zero-order valence-corrected chi connectivity index (χ0v) is 17.4. The number of sulfonamides is 1. The van der Waals surface area contributed by atoms with Gasteiger partial charge in [-0.1, -0.05) is 31.5 Å². The zero-order valence-electron chi connectivity index (χ0n) is 16.6. The molecule has 0 saturated carbocycles. The lowest BCUT2D eigenvalue weighted by atomic mass is 10.1. The summed E-state index contributed by atoms with van der Waals surface area (Å²) in [7, 11) is -4.12. The van der Waals surface area contributed by atoms with E-state index >= 15 is 0 Å². The summed E-state index contributed by atoms with van der Waals surface area (Å²) in [6, 6.07) is 11.9. The Labute approximate surface area is 171 Å². The number of nitrogens with one attached hydrogen (secondary N) is 1. The van der Waals surface area contributed by atoms with Gasteiger partial charge in [-0.2, -0.15) is 0 Å². The van der Waals surface area contributed by atoms with Gasteiger partial charge in [-0.3, -0.25) is 4.79 Å². The summed E-state index contributed by atoms with van der Waals surface area (Å²) in [5.74, 6) is 0.388. The molecule has 1 aliphatic rings. The first-order chi connectivity index (χ1) is 13.9. The fourth-order valence-corrected chi connectivity index (χ4v) is 3.98. The molecule has 0 unspecified atom stereocenters. The maximum atomic E-state index is 12.9. The Balaban J connectivity index is 2.08. The molecule has 1 heterocycles. The topological polar surface area (TPSA) is 102 Å². The second-order valence-corrected chi connectivity index (χ2v) is 8.62. The van der Waals surface area contributed by atoms with Gasteiger partial charge in [-0.25, -0.2) is 13.6 Å². The summed E-state index contributed by atoms with van der Waals surface area (Å²) >= 11 is 0. The number of primary sulfonamides is 1. The molecule has 8 heteroatoms. The Morgan fingerprint density at radius 2 is 1.86 bits per heavy atom. The summed E-state index contributed by atoms with van der Waals surface area (Å²) in [5, 5.41) is 8.71. The number of benzene rings is 2. The van der Waals surface area contributed by atoms with Crippen molar-refractivity contribution in [3.63, 3.8) is 0 Å².